The zero-order valence-corrected chi connectivity index (χ0v) is 9.81. The van der Waals surface area contributed by atoms with Crippen molar-refractivity contribution in [3.05, 3.63) is 23.7 Å². The molecule has 6 nitrogen and oxygen atoms in total. The fraction of sp³-hybridized carbons (Fsp3) is 0.364. The maximum atomic E-state index is 11.0. The molecular weight excluding hydrogens is 222 g/mol. The van der Waals surface area contributed by atoms with Crippen molar-refractivity contribution in [2.75, 3.05) is 7.11 Å². The highest BCUT2D eigenvalue weighted by molar-refractivity contribution is 5.99. The first kappa shape index (κ1) is 11.5. The Kier molecular flexibility index (Phi) is 2.59. The molecule has 0 amide bonds. The predicted octanol–water partition coefficient (Wildman–Crippen LogP) is 1.54. The van der Waals surface area contributed by atoms with Crippen LogP contribution in [0, 0.1) is 0 Å². The molecule has 0 spiro atoms. The standard InChI is InChI=1S/C11H13N3O3/c1-11(2,17-3)10-13-7-6(9(15)16)4-5-12-8(7)14-10/h4-5H,1-3H3,(H,15,16)(H,12,13,14). The summed E-state index contributed by atoms with van der Waals surface area (Å²) in [6.07, 6.45) is 1.43. The molecule has 0 aromatic carbocycles. The van der Waals surface area contributed by atoms with Crippen molar-refractivity contribution in [1.29, 1.82) is 0 Å². The van der Waals surface area contributed by atoms with Gasteiger partial charge in [-0.25, -0.2) is 14.8 Å². The van der Waals surface area contributed by atoms with E-state index in [4.69, 9.17) is 9.84 Å². The fourth-order valence-corrected chi connectivity index (χ4v) is 1.47. The van der Waals surface area contributed by atoms with Crippen LogP contribution in [0.2, 0.25) is 0 Å². The van der Waals surface area contributed by atoms with Gasteiger partial charge in [0, 0.05) is 13.3 Å². The van der Waals surface area contributed by atoms with Gasteiger partial charge in [-0.2, -0.15) is 0 Å². The van der Waals surface area contributed by atoms with E-state index in [1.54, 1.807) is 7.11 Å². The van der Waals surface area contributed by atoms with Crippen molar-refractivity contribution in [2.45, 2.75) is 19.4 Å². The molecule has 2 heterocycles. The number of H-pyrrole nitrogens is 1. The van der Waals surface area contributed by atoms with Crippen LogP contribution >= 0.6 is 0 Å². The van der Waals surface area contributed by atoms with Crippen LogP contribution in [0.1, 0.15) is 30.0 Å². The van der Waals surface area contributed by atoms with Crippen LogP contribution in [0.5, 0.6) is 0 Å². The van der Waals surface area contributed by atoms with Gasteiger partial charge >= 0.3 is 5.97 Å². The third kappa shape index (κ3) is 1.87. The molecule has 0 bridgehead atoms. The highest BCUT2D eigenvalue weighted by Crippen LogP contribution is 2.24. The molecule has 90 valence electrons. The minimum Gasteiger partial charge on any atom is -0.478 e. The van der Waals surface area contributed by atoms with E-state index in [1.165, 1.54) is 12.3 Å². The molecule has 0 saturated carbocycles. The van der Waals surface area contributed by atoms with Gasteiger partial charge in [0.2, 0.25) is 0 Å². The minimum atomic E-state index is -1.01. The van der Waals surface area contributed by atoms with Gasteiger partial charge in [-0.1, -0.05) is 0 Å². The maximum Gasteiger partial charge on any atom is 0.338 e. The molecule has 0 fully saturated rings. The smallest absolute Gasteiger partial charge is 0.338 e. The number of aromatic nitrogens is 3. The first-order valence-electron chi connectivity index (χ1n) is 5.09. The summed E-state index contributed by atoms with van der Waals surface area (Å²) in [6.45, 7) is 3.68. The van der Waals surface area contributed by atoms with Gasteiger partial charge in [0.1, 0.15) is 11.4 Å². The highest BCUT2D eigenvalue weighted by atomic mass is 16.5. The number of rotatable bonds is 3. The number of imidazole rings is 1. The van der Waals surface area contributed by atoms with Crippen molar-refractivity contribution in [3.8, 4) is 0 Å². The summed E-state index contributed by atoms with van der Waals surface area (Å²) in [5, 5.41) is 9.05. The van der Waals surface area contributed by atoms with Crippen molar-refractivity contribution in [3.63, 3.8) is 0 Å². The average molecular weight is 235 g/mol. The molecule has 2 aromatic rings. The zero-order chi connectivity index (χ0) is 12.6. The van der Waals surface area contributed by atoms with E-state index in [0.717, 1.165) is 0 Å². The molecule has 2 rings (SSSR count). The summed E-state index contributed by atoms with van der Waals surface area (Å²) in [5.41, 5.74) is 0.335. The number of ether oxygens (including phenoxy) is 1. The zero-order valence-electron chi connectivity index (χ0n) is 9.81. The van der Waals surface area contributed by atoms with Gasteiger partial charge in [0.25, 0.3) is 0 Å². The Morgan fingerprint density at radius 3 is 2.82 bits per heavy atom. The van der Waals surface area contributed by atoms with Crippen LogP contribution < -0.4 is 0 Å². The Labute approximate surface area is 97.7 Å². The van der Waals surface area contributed by atoms with E-state index in [9.17, 15) is 4.79 Å². The fourth-order valence-electron chi connectivity index (χ4n) is 1.47. The number of carboxylic acid groups (broad SMARTS) is 1. The Morgan fingerprint density at radius 1 is 1.53 bits per heavy atom. The number of carbonyl (C=O) groups is 1. The molecule has 2 N–H and O–H groups in total. The summed E-state index contributed by atoms with van der Waals surface area (Å²) in [4.78, 5) is 22.3. The first-order chi connectivity index (χ1) is 7.95. The van der Waals surface area contributed by atoms with Crippen molar-refractivity contribution >= 4 is 17.1 Å². The summed E-state index contributed by atoms with van der Waals surface area (Å²) >= 11 is 0. The predicted molar refractivity (Wildman–Crippen MR) is 60.9 cm³/mol. The molecule has 0 aliphatic carbocycles. The van der Waals surface area contributed by atoms with E-state index >= 15 is 0 Å². The van der Waals surface area contributed by atoms with Crippen molar-refractivity contribution in [2.24, 2.45) is 0 Å². The van der Waals surface area contributed by atoms with E-state index in [0.29, 0.717) is 17.0 Å². The monoisotopic (exact) mass is 235 g/mol. The highest BCUT2D eigenvalue weighted by Gasteiger charge is 2.25. The van der Waals surface area contributed by atoms with Gasteiger partial charge in [0.05, 0.1) is 11.1 Å². The third-order valence-electron chi connectivity index (χ3n) is 2.70. The van der Waals surface area contributed by atoms with Gasteiger partial charge in [-0.05, 0) is 19.9 Å². The van der Waals surface area contributed by atoms with Crippen LogP contribution in [0.3, 0.4) is 0 Å². The topological polar surface area (TPSA) is 88.1 Å². The second-order valence-electron chi connectivity index (χ2n) is 4.16. The summed E-state index contributed by atoms with van der Waals surface area (Å²) in [6, 6.07) is 1.44. The molecule has 0 radical (unpaired) electrons. The van der Waals surface area contributed by atoms with Crippen LogP contribution in [-0.2, 0) is 10.3 Å². The molecule has 0 unspecified atom stereocenters. The molecule has 2 aromatic heterocycles. The lowest BCUT2D eigenvalue weighted by atomic mass is 10.1. The number of aromatic carboxylic acids is 1. The van der Waals surface area contributed by atoms with Crippen LogP contribution in [0.25, 0.3) is 11.2 Å². The number of carboxylic acids is 1. The number of methoxy groups -OCH3 is 1. The molecule has 6 heteroatoms. The number of nitrogens with one attached hydrogen (secondary N) is 1. The number of aromatic amines is 1. The third-order valence-corrected chi connectivity index (χ3v) is 2.70. The van der Waals surface area contributed by atoms with Crippen LogP contribution in [0.4, 0.5) is 0 Å². The number of fused-ring (bicyclic) bond motifs is 1. The maximum absolute atomic E-state index is 11.0. The van der Waals surface area contributed by atoms with Gasteiger partial charge in [0.15, 0.2) is 5.65 Å². The first-order valence-corrected chi connectivity index (χ1v) is 5.09. The SMILES string of the molecule is COC(C)(C)c1nc2nccc(C(=O)O)c2[nH]1. The van der Waals surface area contributed by atoms with Crippen LogP contribution in [0.15, 0.2) is 12.3 Å². The van der Waals surface area contributed by atoms with E-state index < -0.39 is 11.6 Å². The Bertz CT molecular complexity index is 574. The molecule has 0 aliphatic rings. The second kappa shape index (κ2) is 3.81. The van der Waals surface area contributed by atoms with Crippen molar-refractivity contribution < 1.29 is 14.6 Å². The lowest BCUT2D eigenvalue weighted by Crippen LogP contribution is -2.21. The molecule has 0 aliphatic heterocycles. The normalized spacial score (nSPS) is 11.9. The number of hydrogen-bond donors (Lipinski definition) is 2. The van der Waals surface area contributed by atoms with E-state index in [2.05, 4.69) is 15.0 Å². The summed E-state index contributed by atoms with van der Waals surface area (Å²) < 4.78 is 5.28. The van der Waals surface area contributed by atoms with Crippen LogP contribution in [-0.4, -0.2) is 33.1 Å². The molecule has 0 saturated heterocycles. The van der Waals surface area contributed by atoms with E-state index in [1.807, 2.05) is 13.8 Å². The second-order valence-corrected chi connectivity index (χ2v) is 4.16. The number of nitrogens with zero attached hydrogens (tertiary/aromatic N) is 2. The van der Waals surface area contributed by atoms with Crippen molar-refractivity contribution in [1.82, 2.24) is 15.0 Å². The Morgan fingerprint density at radius 2 is 2.24 bits per heavy atom. The molecule has 17 heavy (non-hydrogen) atoms. The molecule has 0 atom stereocenters. The summed E-state index contributed by atoms with van der Waals surface area (Å²) in [7, 11) is 1.57. The lowest BCUT2D eigenvalue weighted by Gasteiger charge is -2.19. The largest absolute Gasteiger partial charge is 0.478 e. The quantitative estimate of drug-likeness (QED) is 0.842. The van der Waals surface area contributed by atoms with E-state index in [-0.39, 0.29) is 5.56 Å². The lowest BCUT2D eigenvalue weighted by molar-refractivity contribution is 0.0124. The average Bonchev–Trinajstić information content (AvgIpc) is 2.72. The number of hydrogen-bond acceptors (Lipinski definition) is 4. The summed E-state index contributed by atoms with van der Waals surface area (Å²) in [5.74, 6) is -0.459. The Hall–Kier alpha value is -1.95. The van der Waals surface area contributed by atoms with Gasteiger partial charge in [-0.3, -0.25) is 0 Å². The number of pyridine rings is 1. The minimum absolute atomic E-state index is 0.153. The van der Waals surface area contributed by atoms with Gasteiger partial charge < -0.3 is 14.8 Å². The Balaban J connectivity index is 2.66. The van der Waals surface area contributed by atoms with Gasteiger partial charge in [-0.15, -0.1) is 0 Å². The molecular formula is C11H13N3O3.